The van der Waals surface area contributed by atoms with Gasteiger partial charge in [-0.3, -0.25) is 4.79 Å². The summed E-state index contributed by atoms with van der Waals surface area (Å²) in [5, 5.41) is 0. The van der Waals surface area contributed by atoms with Crippen molar-refractivity contribution in [1.82, 2.24) is 0 Å². The topological polar surface area (TPSA) is 43.4 Å². The highest BCUT2D eigenvalue weighted by molar-refractivity contribution is 5.86. The second-order valence-electron chi connectivity index (χ2n) is 5.79. The molecule has 131 valence electrons. The number of ketones is 1. The second-order valence-corrected chi connectivity index (χ2v) is 5.79. The molecule has 1 radical (unpaired) electrons. The zero-order chi connectivity index (χ0) is 19.1. The van der Waals surface area contributed by atoms with Crippen molar-refractivity contribution in [3.05, 3.63) is 97.0 Å². The van der Waals surface area contributed by atoms with Crippen LogP contribution in [0.1, 0.15) is 18.1 Å². The molecule has 1 aliphatic carbocycles. The Morgan fingerprint density at radius 2 is 1.42 bits per heavy atom. The van der Waals surface area contributed by atoms with Crippen LogP contribution in [0.15, 0.2) is 79.9 Å². The number of aryl methyl sites for hydroxylation is 1. The molecule has 0 saturated carbocycles. The van der Waals surface area contributed by atoms with Crippen molar-refractivity contribution in [1.29, 1.82) is 0 Å². The Kier molecular flexibility index (Phi) is 6.45. The van der Waals surface area contributed by atoms with E-state index in [4.69, 9.17) is 4.74 Å². The molecule has 0 N–H and O–H groups in total. The van der Waals surface area contributed by atoms with E-state index >= 15 is 0 Å². The Bertz CT molecular complexity index is 852. The number of allylic oxidation sites excluding steroid dienone is 3. The van der Waals surface area contributed by atoms with Crippen molar-refractivity contribution in [2.45, 2.75) is 13.8 Å². The minimum atomic E-state index is -0.441. The first kappa shape index (κ1) is 19.1. The number of carbonyl (C=O) groups is 2. The molecule has 0 aromatic heterocycles. The van der Waals surface area contributed by atoms with E-state index in [2.05, 4.69) is 49.6 Å². The predicted molar refractivity (Wildman–Crippen MR) is 105 cm³/mol. The summed E-state index contributed by atoms with van der Waals surface area (Å²) in [7, 11) is 0. The van der Waals surface area contributed by atoms with Gasteiger partial charge in [0.1, 0.15) is 5.75 Å². The quantitative estimate of drug-likeness (QED) is 0.435. The maximum Gasteiger partial charge on any atom is 0.335 e. The third kappa shape index (κ3) is 5.42. The maximum absolute atomic E-state index is 11.2. The highest BCUT2D eigenvalue weighted by Gasteiger charge is 2.14. The lowest BCUT2D eigenvalue weighted by Gasteiger charge is -2.09. The monoisotopic (exact) mass is 345 g/mol. The summed E-state index contributed by atoms with van der Waals surface area (Å²) in [4.78, 5) is 20.9. The number of ether oxygens (including phenoxy) is 1. The first-order chi connectivity index (χ1) is 12.4. The molecule has 1 aliphatic rings. The largest absolute Gasteiger partial charge is 0.423 e. The Morgan fingerprint density at radius 1 is 0.885 bits per heavy atom. The molecule has 3 heteroatoms. The van der Waals surface area contributed by atoms with E-state index in [1.807, 2.05) is 25.1 Å². The second kappa shape index (κ2) is 8.77. The summed E-state index contributed by atoms with van der Waals surface area (Å²) in [5.74, 6) is 1.44. The van der Waals surface area contributed by atoms with Crippen LogP contribution in [-0.4, -0.2) is 11.8 Å². The number of benzene rings is 2. The number of esters is 1. The maximum atomic E-state index is 11.2. The van der Waals surface area contributed by atoms with Gasteiger partial charge in [-0.2, -0.15) is 0 Å². The van der Waals surface area contributed by atoms with Gasteiger partial charge in [0.05, 0.1) is 0 Å². The van der Waals surface area contributed by atoms with Crippen LogP contribution in [0, 0.1) is 12.8 Å². The van der Waals surface area contributed by atoms with Crippen LogP contribution in [0.4, 0.5) is 0 Å². The van der Waals surface area contributed by atoms with E-state index in [9.17, 15) is 9.59 Å². The van der Waals surface area contributed by atoms with E-state index in [1.165, 1.54) is 24.5 Å². The molecule has 3 nitrogen and oxygen atoms in total. The molecule has 2 aromatic carbocycles. The molecule has 26 heavy (non-hydrogen) atoms. The molecule has 0 atom stereocenters. The SMILES string of the molecule is C=CC(=O)Oc1ccc(-c2ccc([C]3C=C3)cc2)cc1C.C=CC(C)=O. The number of rotatable bonds is 5. The van der Waals surface area contributed by atoms with Gasteiger partial charge in [-0.1, -0.05) is 55.6 Å². The summed E-state index contributed by atoms with van der Waals surface area (Å²) in [6, 6.07) is 14.2. The minimum Gasteiger partial charge on any atom is -0.423 e. The molecule has 0 spiro atoms. The fraction of sp³-hybridized carbons (Fsp3) is 0.0870. The fourth-order valence-corrected chi connectivity index (χ4v) is 2.18. The minimum absolute atomic E-state index is 0.0185. The molecule has 0 bridgehead atoms. The lowest BCUT2D eigenvalue weighted by Crippen LogP contribution is -2.04. The van der Waals surface area contributed by atoms with Crippen LogP contribution < -0.4 is 4.74 Å². The van der Waals surface area contributed by atoms with E-state index in [-0.39, 0.29) is 5.78 Å². The first-order valence-corrected chi connectivity index (χ1v) is 8.18. The lowest BCUT2D eigenvalue weighted by molar-refractivity contribution is -0.129. The summed E-state index contributed by atoms with van der Waals surface area (Å²) >= 11 is 0. The van der Waals surface area contributed by atoms with E-state index < -0.39 is 5.97 Å². The first-order valence-electron chi connectivity index (χ1n) is 8.18. The van der Waals surface area contributed by atoms with Crippen LogP contribution in [0.2, 0.25) is 0 Å². The number of hydrogen-bond donors (Lipinski definition) is 0. The summed E-state index contributed by atoms with van der Waals surface area (Å²) in [6.07, 6.45) is 6.64. The van der Waals surface area contributed by atoms with E-state index in [0.29, 0.717) is 5.75 Å². The highest BCUT2D eigenvalue weighted by Crippen LogP contribution is 2.31. The molecule has 0 amide bonds. The predicted octanol–water partition coefficient (Wildman–Crippen LogP) is 5.01. The van der Waals surface area contributed by atoms with Crippen molar-refractivity contribution in [2.75, 3.05) is 0 Å². The van der Waals surface area contributed by atoms with Gasteiger partial charge in [0.2, 0.25) is 0 Å². The van der Waals surface area contributed by atoms with Gasteiger partial charge in [0, 0.05) is 12.0 Å². The number of hydrogen-bond acceptors (Lipinski definition) is 3. The average Bonchev–Trinajstić information content (AvgIpc) is 3.49. The zero-order valence-electron chi connectivity index (χ0n) is 15.0. The Labute approximate surface area is 154 Å². The summed E-state index contributed by atoms with van der Waals surface area (Å²) in [5.41, 5.74) is 4.41. The smallest absolute Gasteiger partial charge is 0.335 e. The van der Waals surface area contributed by atoms with Crippen molar-refractivity contribution >= 4 is 11.8 Å². The van der Waals surface area contributed by atoms with Crippen LogP contribution in [0.25, 0.3) is 11.1 Å². The summed E-state index contributed by atoms with van der Waals surface area (Å²) in [6.45, 7) is 10.00. The molecule has 0 saturated heterocycles. The standard InChI is InChI=1S/C19H15O2.C4H6O/c1-3-19(20)21-18-11-10-17(12-13(18)2)16-8-6-15(7-9-16)14-4-5-14;1-3-4(2)5/h3-12H,1H2,2H3;3H,1H2,2H3. The molecule has 0 heterocycles. The van der Waals surface area contributed by atoms with Crippen molar-refractivity contribution < 1.29 is 14.3 Å². The van der Waals surface area contributed by atoms with Gasteiger partial charge >= 0.3 is 5.97 Å². The van der Waals surface area contributed by atoms with Crippen molar-refractivity contribution in [3.8, 4) is 16.9 Å². The van der Waals surface area contributed by atoms with Crippen LogP contribution in [0.5, 0.6) is 5.75 Å². The third-order valence-corrected chi connectivity index (χ3v) is 3.72. The van der Waals surface area contributed by atoms with Gasteiger partial charge in [-0.05, 0) is 54.3 Å². The van der Waals surface area contributed by atoms with E-state index in [0.717, 1.165) is 22.8 Å². The summed E-state index contributed by atoms with van der Waals surface area (Å²) < 4.78 is 5.18. The molecular formula is C23H21O3. The molecular weight excluding hydrogens is 324 g/mol. The van der Waals surface area contributed by atoms with Gasteiger partial charge in [-0.25, -0.2) is 4.79 Å². The van der Waals surface area contributed by atoms with Gasteiger partial charge in [0.25, 0.3) is 0 Å². The average molecular weight is 345 g/mol. The van der Waals surface area contributed by atoms with E-state index in [1.54, 1.807) is 0 Å². The third-order valence-electron chi connectivity index (χ3n) is 3.72. The fourth-order valence-electron chi connectivity index (χ4n) is 2.18. The van der Waals surface area contributed by atoms with Gasteiger partial charge in [-0.15, -0.1) is 0 Å². The van der Waals surface area contributed by atoms with Gasteiger partial charge in [0.15, 0.2) is 5.78 Å². The molecule has 0 aliphatic heterocycles. The Balaban J connectivity index is 0.000000431. The normalized spacial score (nSPS) is 11.8. The van der Waals surface area contributed by atoms with Crippen LogP contribution >= 0.6 is 0 Å². The molecule has 2 aromatic rings. The molecule has 0 fully saturated rings. The zero-order valence-corrected chi connectivity index (χ0v) is 15.0. The van der Waals surface area contributed by atoms with Crippen LogP contribution in [-0.2, 0) is 9.59 Å². The molecule has 0 unspecified atom stereocenters. The van der Waals surface area contributed by atoms with Crippen molar-refractivity contribution in [3.63, 3.8) is 0 Å². The number of carbonyl (C=O) groups excluding carboxylic acids is 2. The highest BCUT2D eigenvalue weighted by atomic mass is 16.5. The van der Waals surface area contributed by atoms with Crippen LogP contribution in [0.3, 0.4) is 0 Å². The van der Waals surface area contributed by atoms with Gasteiger partial charge < -0.3 is 4.74 Å². The Hall–Kier alpha value is -3.20. The van der Waals surface area contributed by atoms with Crippen molar-refractivity contribution in [2.24, 2.45) is 0 Å². The molecule has 3 rings (SSSR count). The lowest BCUT2D eigenvalue weighted by atomic mass is 10.00. The Morgan fingerprint density at radius 3 is 1.88 bits per heavy atom.